The summed E-state index contributed by atoms with van der Waals surface area (Å²) in [5, 5.41) is 8.90. The SMILES string of the molecule is [2H]C1CC(C2CCC(CCC)CC2)CC([2H])([2H])C1c1ccc(C#N)c(F)c1. The van der Waals surface area contributed by atoms with Crippen molar-refractivity contribution in [1.82, 2.24) is 0 Å². The van der Waals surface area contributed by atoms with Gasteiger partial charge in [0.1, 0.15) is 11.9 Å². The molecule has 2 fully saturated rings. The average Bonchev–Trinajstić information content (AvgIpc) is 2.61. The third-order valence-corrected chi connectivity index (χ3v) is 6.00. The summed E-state index contributed by atoms with van der Waals surface area (Å²) >= 11 is 0. The quantitative estimate of drug-likeness (QED) is 0.612. The number of hydrogen-bond acceptors (Lipinski definition) is 1. The molecule has 130 valence electrons. The minimum Gasteiger partial charge on any atom is -0.206 e. The van der Waals surface area contributed by atoms with Gasteiger partial charge in [-0.15, -0.1) is 0 Å². The minimum absolute atomic E-state index is 0.0293. The summed E-state index contributed by atoms with van der Waals surface area (Å²) in [6.45, 7) is 2.23. The molecular weight excluding hydrogens is 297 g/mol. The Hall–Kier alpha value is -1.36. The lowest BCUT2D eigenvalue weighted by atomic mass is 9.68. The van der Waals surface area contributed by atoms with Gasteiger partial charge in [-0.2, -0.15) is 5.26 Å². The monoisotopic (exact) mass is 330 g/mol. The van der Waals surface area contributed by atoms with E-state index in [1.807, 2.05) is 0 Å². The van der Waals surface area contributed by atoms with Crippen LogP contribution in [-0.4, -0.2) is 0 Å². The van der Waals surface area contributed by atoms with E-state index in [0.29, 0.717) is 24.3 Å². The number of rotatable bonds is 4. The van der Waals surface area contributed by atoms with Crippen molar-refractivity contribution in [1.29, 1.82) is 5.26 Å². The predicted molar refractivity (Wildman–Crippen MR) is 96.2 cm³/mol. The predicted octanol–water partition coefficient (Wildman–Crippen LogP) is 6.58. The Morgan fingerprint density at radius 3 is 2.54 bits per heavy atom. The molecule has 1 aromatic carbocycles. The smallest absolute Gasteiger partial charge is 0.141 e. The minimum atomic E-state index is -1.52. The molecule has 2 aliphatic carbocycles. The molecule has 0 aliphatic heterocycles. The standard InChI is InChI=1S/C22H30FN/c1-2-3-16-4-6-17(7-5-16)18-8-10-19(11-9-18)20-12-13-21(15-24)22(23)14-20/h12-14,16-19H,2-11H2,1H3/i10D,11D2. The highest BCUT2D eigenvalue weighted by Crippen LogP contribution is 2.44. The Kier molecular flexibility index (Phi) is 4.71. The van der Waals surface area contributed by atoms with Crippen LogP contribution in [0.2, 0.25) is 0 Å². The lowest BCUT2D eigenvalue weighted by molar-refractivity contribution is 0.156. The maximum atomic E-state index is 14.0. The lowest BCUT2D eigenvalue weighted by Crippen LogP contribution is -2.25. The fourth-order valence-electron chi connectivity index (χ4n) is 4.54. The first-order valence-electron chi connectivity index (χ1n) is 11.0. The molecule has 2 heteroatoms. The van der Waals surface area contributed by atoms with Crippen molar-refractivity contribution in [3.8, 4) is 6.07 Å². The highest BCUT2D eigenvalue weighted by Gasteiger charge is 2.31. The Morgan fingerprint density at radius 2 is 1.92 bits per heavy atom. The Morgan fingerprint density at radius 1 is 1.17 bits per heavy atom. The Bertz CT molecular complexity index is 691. The summed E-state index contributed by atoms with van der Waals surface area (Å²) < 4.78 is 39.9. The summed E-state index contributed by atoms with van der Waals surface area (Å²) in [6, 6.07) is 6.11. The number of hydrogen-bond donors (Lipinski definition) is 0. The summed E-state index contributed by atoms with van der Waals surface area (Å²) in [4.78, 5) is 0. The topological polar surface area (TPSA) is 23.8 Å². The average molecular weight is 331 g/mol. The molecule has 0 N–H and O–H groups in total. The Labute approximate surface area is 150 Å². The second kappa shape index (κ2) is 8.15. The molecule has 0 heterocycles. The van der Waals surface area contributed by atoms with Crippen LogP contribution in [-0.2, 0) is 0 Å². The molecule has 0 bridgehead atoms. The van der Waals surface area contributed by atoms with Gasteiger partial charge >= 0.3 is 0 Å². The maximum Gasteiger partial charge on any atom is 0.141 e. The van der Waals surface area contributed by atoms with Gasteiger partial charge in [-0.05, 0) is 79.8 Å². The fourth-order valence-corrected chi connectivity index (χ4v) is 4.54. The summed E-state index contributed by atoms with van der Waals surface area (Å²) in [5.41, 5.74) is 0.486. The molecule has 0 spiro atoms. The van der Waals surface area contributed by atoms with E-state index < -0.39 is 24.5 Å². The largest absolute Gasteiger partial charge is 0.206 e. The molecular formula is C22H30FN. The van der Waals surface area contributed by atoms with Crippen LogP contribution in [0.25, 0.3) is 0 Å². The van der Waals surface area contributed by atoms with Crippen molar-refractivity contribution in [3.63, 3.8) is 0 Å². The third kappa shape index (κ3) is 4.00. The van der Waals surface area contributed by atoms with Gasteiger partial charge < -0.3 is 0 Å². The van der Waals surface area contributed by atoms with Gasteiger partial charge in [-0.1, -0.05) is 38.7 Å². The summed E-state index contributed by atoms with van der Waals surface area (Å²) in [6.07, 6.45) is 6.39. The molecule has 2 saturated carbocycles. The molecule has 0 radical (unpaired) electrons. The van der Waals surface area contributed by atoms with Gasteiger partial charge in [-0.3, -0.25) is 0 Å². The number of nitrogens with zero attached hydrogens (tertiary/aromatic N) is 1. The number of benzene rings is 1. The van der Waals surface area contributed by atoms with Crippen molar-refractivity contribution in [2.75, 3.05) is 0 Å². The van der Waals surface area contributed by atoms with E-state index in [-0.39, 0.29) is 11.5 Å². The van der Waals surface area contributed by atoms with Crippen LogP contribution < -0.4 is 0 Å². The van der Waals surface area contributed by atoms with Crippen molar-refractivity contribution in [2.24, 2.45) is 17.8 Å². The van der Waals surface area contributed by atoms with Gasteiger partial charge in [0.05, 0.1) is 5.56 Å². The van der Waals surface area contributed by atoms with Crippen LogP contribution in [0.3, 0.4) is 0 Å². The molecule has 24 heavy (non-hydrogen) atoms. The van der Waals surface area contributed by atoms with E-state index in [0.717, 1.165) is 18.8 Å². The van der Waals surface area contributed by atoms with Crippen LogP contribution in [0.15, 0.2) is 18.2 Å². The zero-order chi connectivity index (χ0) is 19.6. The summed E-state index contributed by atoms with van der Waals surface area (Å²) in [7, 11) is 0. The molecule has 3 atom stereocenters. The fraction of sp³-hybridized carbons (Fsp3) is 0.682. The first kappa shape index (κ1) is 13.9. The highest BCUT2D eigenvalue weighted by atomic mass is 19.1. The second-order valence-electron chi connectivity index (χ2n) is 7.54. The van der Waals surface area contributed by atoms with Crippen LogP contribution >= 0.6 is 0 Å². The normalized spacial score (nSPS) is 37.7. The van der Waals surface area contributed by atoms with Gasteiger partial charge in [-0.25, -0.2) is 4.39 Å². The number of halogens is 1. The molecule has 3 unspecified atom stereocenters. The van der Waals surface area contributed by atoms with Gasteiger partial charge in [0.15, 0.2) is 0 Å². The molecule has 0 amide bonds. The molecule has 1 nitrogen and oxygen atoms in total. The van der Waals surface area contributed by atoms with Crippen molar-refractivity contribution < 1.29 is 8.50 Å². The van der Waals surface area contributed by atoms with Crippen molar-refractivity contribution in [2.45, 2.75) is 77.0 Å². The summed E-state index contributed by atoms with van der Waals surface area (Å²) in [5.74, 6) is 0.360. The van der Waals surface area contributed by atoms with Gasteiger partial charge in [0.2, 0.25) is 0 Å². The van der Waals surface area contributed by atoms with E-state index in [9.17, 15) is 4.39 Å². The van der Waals surface area contributed by atoms with E-state index in [2.05, 4.69) is 6.92 Å². The van der Waals surface area contributed by atoms with Crippen molar-refractivity contribution >= 4 is 0 Å². The molecule has 3 rings (SSSR count). The van der Waals surface area contributed by atoms with Crippen LogP contribution in [0.1, 0.15) is 92.2 Å². The first-order valence-corrected chi connectivity index (χ1v) is 9.47. The van der Waals surface area contributed by atoms with Gasteiger partial charge in [0.25, 0.3) is 0 Å². The third-order valence-electron chi connectivity index (χ3n) is 6.00. The Balaban J connectivity index is 1.72. The highest BCUT2D eigenvalue weighted by molar-refractivity contribution is 5.34. The lowest BCUT2D eigenvalue weighted by Gasteiger charge is -2.38. The van der Waals surface area contributed by atoms with Crippen molar-refractivity contribution in [3.05, 3.63) is 35.1 Å². The molecule has 2 aliphatic rings. The van der Waals surface area contributed by atoms with Crippen LogP contribution in [0, 0.1) is 34.9 Å². The van der Waals surface area contributed by atoms with Crippen LogP contribution in [0.5, 0.6) is 0 Å². The molecule has 0 aromatic heterocycles. The zero-order valence-corrected chi connectivity index (χ0v) is 14.6. The molecule has 1 aromatic rings. The maximum absolute atomic E-state index is 14.0. The number of nitriles is 1. The second-order valence-corrected chi connectivity index (χ2v) is 7.54. The zero-order valence-electron chi connectivity index (χ0n) is 17.6. The van der Waals surface area contributed by atoms with E-state index in [1.54, 1.807) is 12.1 Å². The van der Waals surface area contributed by atoms with E-state index >= 15 is 0 Å². The van der Waals surface area contributed by atoms with Crippen LogP contribution in [0.4, 0.5) is 4.39 Å². The molecule has 0 saturated heterocycles. The van der Waals surface area contributed by atoms with E-state index in [1.165, 1.54) is 37.8 Å². The van der Waals surface area contributed by atoms with E-state index in [4.69, 9.17) is 9.37 Å². The first-order chi connectivity index (χ1) is 12.9. The van der Waals surface area contributed by atoms with Gasteiger partial charge in [0, 0.05) is 4.11 Å².